The smallest absolute Gasteiger partial charge is 0.316 e. The maximum atomic E-state index is 13.4. The molecule has 5 nitrogen and oxygen atoms in total. The highest BCUT2D eigenvalue weighted by Gasteiger charge is 2.34. The third kappa shape index (κ3) is 4.51. The zero-order chi connectivity index (χ0) is 21.2. The van der Waals surface area contributed by atoms with Crippen molar-refractivity contribution in [3.05, 3.63) is 81.8 Å². The van der Waals surface area contributed by atoms with E-state index < -0.39 is 0 Å². The highest BCUT2D eigenvalue weighted by Crippen LogP contribution is 2.43. The molecule has 0 bridgehead atoms. The van der Waals surface area contributed by atoms with Gasteiger partial charge in [-0.25, -0.2) is 9.18 Å². The van der Waals surface area contributed by atoms with Gasteiger partial charge in [0.2, 0.25) is 0 Å². The normalized spacial score (nSPS) is 16.9. The van der Waals surface area contributed by atoms with Crippen LogP contribution in [0.2, 0.25) is 0 Å². The van der Waals surface area contributed by atoms with Gasteiger partial charge in [0, 0.05) is 4.88 Å². The molecular weight excluding hydrogens is 415 g/mol. The number of amides is 2. The van der Waals surface area contributed by atoms with Crippen molar-refractivity contribution in [3.63, 3.8) is 0 Å². The second kappa shape index (κ2) is 8.59. The number of fused-ring (bicyclic) bond motifs is 1. The van der Waals surface area contributed by atoms with Crippen LogP contribution < -0.4 is 20.1 Å². The summed E-state index contributed by atoms with van der Waals surface area (Å²) in [5, 5.41) is 8.21. The maximum absolute atomic E-state index is 13.4. The van der Waals surface area contributed by atoms with E-state index in [1.54, 1.807) is 23.5 Å². The lowest BCUT2D eigenvalue weighted by atomic mass is 10.0. The Kier molecular flexibility index (Phi) is 5.51. The van der Waals surface area contributed by atoms with Crippen LogP contribution in [0.25, 0.3) is 0 Å². The topological polar surface area (TPSA) is 59.6 Å². The molecule has 2 aromatic carbocycles. The first kappa shape index (κ1) is 19.9. The Morgan fingerprint density at radius 1 is 0.968 bits per heavy atom. The zero-order valence-electron chi connectivity index (χ0n) is 16.8. The minimum atomic E-state index is -0.347. The van der Waals surface area contributed by atoms with E-state index >= 15 is 0 Å². The van der Waals surface area contributed by atoms with Crippen molar-refractivity contribution in [2.24, 2.45) is 5.92 Å². The Morgan fingerprint density at radius 3 is 2.42 bits per heavy atom. The van der Waals surface area contributed by atoms with Gasteiger partial charge in [0.15, 0.2) is 11.5 Å². The van der Waals surface area contributed by atoms with Gasteiger partial charge in [-0.3, -0.25) is 0 Å². The minimum absolute atomic E-state index is 0.104. The van der Waals surface area contributed by atoms with E-state index in [0.717, 1.165) is 40.3 Å². The summed E-state index contributed by atoms with van der Waals surface area (Å²) in [5.41, 5.74) is 1.85. The average Bonchev–Trinajstić information content (AvgIpc) is 3.49. The lowest BCUT2D eigenvalue weighted by molar-refractivity contribution is 0.171. The van der Waals surface area contributed by atoms with Gasteiger partial charge < -0.3 is 20.1 Å². The number of hydrogen-bond donors (Lipinski definition) is 2. The molecule has 2 amide bonds. The fourth-order valence-corrected chi connectivity index (χ4v) is 4.70. The van der Waals surface area contributed by atoms with Crippen LogP contribution in [0.5, 0.6) is 11.5 Å². The summed E-state index contributed by atoms with van der Waals surface area (Å²) in [6, 6.07) is 15.3. The molecule has 160 valence electrons. The number of hydrogen-bond acceptors (Lipinski definition) is 4. The largest absolute Gasteiger partial charge is 0.486 e. The van der Waals surface area contributed by atoms with Crippen LogP contribution >= 0.6 is 11.3 Å². The van der Waals surface area contributed by atoms with Crippen LogP contribution in [0.4, 0.5) is 9.18 Å². The summed E-state index contributed by atoms with van der Waals surface area (Å²) in [5.74, 6) is 1.56. The molecule has 5 rings (SSSR count). The molecule has 31 heavy (non-hydrogen) atoms. The molecule has 1 saturated carbocycles. The maximum Gasteiger partial charge on any atom is 0.316 e. The second-order valence-corrected chi connectivity index (χ2v) is 8.82. The quantitative estimate of drug-likeness (QED) is 0.556. The number of ether oxygens (including phenoxy) is 2. The van der Waals surface area contributed by atoms with E-state index in [4.69, 9.17) is 9.47 Å². The molecule has 2 heterocycles. The van der Waals surface area contributed by atoms with Crippen molar-refractivity contribution in [3.8, 4) is 11.5 Å². The van der Waals surface area contributed by atoms with Crippen LogP contribution in [-0.2, 0) is 0 Å². The number of rotatable bonds is 6. The van der Waals surface area contributed by atoms with Crippen LogP contribution in [0.1, 0.15) is 40.9 Å². The van der Waals surface area contributed by atoms with Gasteiger partial charge in [0.1, 0.15) is 19.0 Å². The van der Waals surface area contributed by atoms with Gasteiger partial charge in [-0.15, -0.1) is 11.3 Å². The summed E-state index contributed by atoms with van der Waals surface area (Å²) in [4.78, 5) is 14.0. The number of nitrogens with one attached hydrogen (secondary N) is 2. The van der Waals surface area contributed by atoms with Gasteiger partial charge in [-0.2, -0.15) is 0 Å². The van der Waals surface area contributed by atoms with E-state index in [9.17, 15) is 9.18 Å². The van der Waals surface area contributed by atoms with Crippen LogP contribution in [0, 0.1) is 11.7 Å². The number of carbonyl (C=O) groups is 1. The molecule has 2 aliphatic rings. The molecule has 1 aliphatic heterocycles. The molecule has 0 radical (unpaired) electrons. The standard InChI is InChI=1S/C24H23FN2O3S/c25-18-8-5-16(6-9-18)23(21-2-1-13-31-21)27-24(28)26-22(15-3-4-15)17-7-10-19-20(14-17)30-12-11-29-19/h1-2,5-10,13-15,22-23H,3-4,11-12H2,(H2,26,27,28). The predicted octanol–water partition coefficient (Wildman–Crippen LogP) is 5.20. The average molecular weight is 439 g/mol. The third-order valence-corrected chi connectivity index (χ3v) is 6.55. The van der Waals surface area contributed by atoms with Crippen molar-refractivity contribution >= 4 is 17.4 Å². The van der Waals surface area contributed by atoms with Crippen LogP contribution in [0.15, 0.2) is 60.0 Å². The Morgan fingerprint density at radius 2 is 1.71 bits per heavy atom. The SMILES string of the molecule is O=C(NC(c1ccc(F)cc1)c1cccs1)NC(c1ccc2c(c1)OCCO2)C1CC1. The molecule has 7 heteroatoms. The van der Waals surface area contributed by atoms with Crippen molar-refractivity contribution in [2.45, 2.75) is 24.9 Å². The summed E-state index contributed by atoms with van der Waals surface area (Å²) >= 11 is 1.55. The number of urea groups is 1. The molecule has 0 spiro atoms. The summed E-state index contributed by atoms with van der Waals surface area (Å²) in [6.45, 7) is 1.07. The van der Waals surface area contributed by atoms with Crippen molar-refractivity contribution in [2.75, 3.05) is 13.2 Å². The highest BCUT2D eigenvalue weighted by atomic mass is 32.1. The van der Waals surface area contributed by atoms with E-state index in [1.165, 1.54) is 12.1 Å². The summed E-state index contributed by atoms with van der Waals surface area (Å²) < 4.78 is 24.7. The van der Waals surface area contributed by atoms with Crippen LogP contribution in [0.3, 0.4) is 0 Å². The first-order valence-corrected chi connectivity index (χ1v) is 11.3. The van der Waals surface area contributed by atoms with Crippen LogP contribution in [-0.4, -0.2) is 19.2 Å². The predicted molar refractivity (Wildman–Crippen MR) is 117 cm³/mol. The number of benzene rings is 2. The lowest BCUT2D eigenvalue weighted by Gasteiger charge is -2.25. The Bertz CT molecular complexity index is 1050. The third-order valence-electron chi connectivity index (χ3n) is 5.61. The number of thiophene rings is 1. The highest BCUT2D eigenvalue weighted by molar-refractivity contribution is 7.10. The summed E-state index contributed by atoms with van der Waals surface area (Å²) in [7, 11) is 0. The molecule has 2 atom stereocenters. The van der Waals surface area contributed by atoms with Gasteiger partial charge in [0.25, 0.3) is 0 Å². The van der Waals surface area contributed by atoms with Gasteiger partial charge >= 0.3 is 6.03 Å². The summed E-state index contributed by atoms with van der Waals surface area (Å²) in [6.07, 6.45) is 2.15. The molecular formula is C24H23FN2O3S. The van der Waals surface area contributed by atoms with Crippen molar-refractivity contribution in [1.29, 1.82) is 0 Å². The van der Waals surface area contributed by atoms with Gasteiger partial charge in [-0.1, -0.05) is 24.3 Å². The Labute approximate surface area is 184 Å². The Balaban J connectivity index is 1.35. The second-order valence-electron chi connectivity index (χ2n) is 7.84. The fraction of sp³-hybridized carbons (Fsp3) is 0.292. The fourth-order valence-electron chi connectivity index (χ4n) is 3.90. The Hall–Kier alpha value is -3.06. The molecule has 3 aromatic rings. The first-order chi connectivity index (χ1) is 15.2. The molecule has 1 aromatic heterocycles. The molecule has 2 unspecified atom stereocenters. The zero-order valence-corrected chi connectivity index (χ0v) is 17.7. The molecule has 2 N–H and O–H groups in total. The van der Waals surface area contributed by atoms with E-state index in [-0.39, 0.29) is 23.9 Å². The first-order valence-electron chi connectivity index (χ1n) is 10.4. The van der Waals surface area contributed by atoms with Gasteiger partial charge in [0.05, 0.1) is 12.1 Å². The van der Waals surface area contributed by atoms with Crippen molar-refractivity contribution < 1.29 is 18.7 Å². The van der Waals surface area contributed by atoms with E-state index in [2.05, 4.69) is 10.6 Å². The van der Waals surface area contributed by atoms with Crippen molar-refractivity contribution in [1.82, 2.24) is 10.6 Å². The van der Waals surface area contributed by atoms with Gasteiger partial charge in [-0.05, 0) is 65.6 Å². The number of carbonyl (C=O) groups excluding carboxylic acids is 1. The molecule has 0 saturated heterocycles. The van der Waals surface area contributed by atoms with E-state index in [0.29, 0.717) is 19.1 Å². The lowest BCUT2D eigenvalue weighted by Crippen LogP contribution is -2.40. The minimum Gasteiger partial charge on any atom is -0.486 e. The molecule has 1 aliphatic carbocycles. The monoisotopic (exact) mass is 438 g/mol. The number of halogens is 1. The molecule has 1 fully saturated rings. The van der Waals surface area contributed by atoms with E-state index in [1.807, 2.05) is 35.7 Å².